The zero-order valence-corrected chi connectivity index (χ0v) is 18.2. The molecule has 0 unspecified atom stereocenters. The summed E-state index contributed by atoms with van der Waals surface area (Å²) in [5, 5.41) is 21.9. The molecule has 3 aromatic heterocycles. The smallest absolute Gasteiger partial charge is 0.475 e. The van der Waals surface area contributed by atoms with Crippen LogP contribution in [0.15, 0.2) is 22.9 Å². The molecule has 10 nitrogen and oxygen atoms in total. The number of carbonyl (C=O) groups excluding carboxylic acids is 1. The van der Waals surface area contributed by atoms with Gasteiger partial charge in [-0.1, -0.05) is 5.16 Å². The lowest BCUT2D eigenvalue weighted by Crippen LogP contribution is -2.30. The molecule has 0 bridgehead atoms. The van der Waals surface area contributed by atoms with Crippen molar-refractivity contribution in [2.24, 2.45) is 0 Å². The second-order valence-corrected chi connectivity index (χ2v) is 7.42. The van der Waals surface area contributed by atoms with Crippen molar-refractivity contribution < 1.29 is 32.4 Å². The minimum Gasteiger partial charge on any atom is -0.475 e. The molecule has 1 aliphatic heterocycles. The lowest BCUT2D eigenvalue weighted by Gasteiger charge is -2.16. The number of hydrogen-bond donors (Lipinski definition) is 3. The van der Waals surface area contributed by atoms with Crippen LogP contribution in [0, 0.1) is 20.8 Å². The van der Waals surface area contributed by atoms with Gasteiger partial charge in [-0.3, -0.25) is 14.0 Å². The number of carboxylic acids is 1. The van der Waals surface area contributed by atoms with Crippen LogP contribution in [0.3, 0.4) is 0 Å². The van der Waals surface area contributed by atoms with E-state index in [0.29, 0.717) is 17.9 Å². The molecule has 4 heterocycles. The summed E-state index contributed by atoms with van der Waals surface area (Å²) in [6.45, 7) is 8.74. The monoisotopic (exact) mass is 468 g/mol. The zero-order valence-electron chi connectivity index (χ0n) is 18.2. The highest BCUT2D eigenvalue weighted by atomic mass is 19.4. The number of aromatic nitrogens is 4. The van der Waals surface area contributed by atoms with Crippen LogP contribution in [0.4, 0.5) is 13.2 Å². The van der Waals surface area contributed by atoms with Crippen LogP contribution in [-0.4, -0.2) is 49.2 Å². The molecule has 3 N–H and O–H groups in total. The predicted molar refractivity (Wildman–Crippen MR) is 109 cm³/mol. The fraction of sp³-hybridized carbons (Fsp3) is 0.400. The highest BCUT2D eigenvalue weighted by Crippen LogP contribution is 2.21. The first kappa shape index (κ1) is 24.0. The van der Waals surface area contributed by atoms with Gasteiger partial charge in [0, 0.05) is 42.7 Å². The van der Waals surface area contributed by atoms with Gasteiger partial charge < -0.3 is 20.3 Å². The number of aliphatic carboxylic acids is 1. The lowest BCUT2D eigenvalue weighted by molar-refractivity contribution is -0.192. The van der Waals surface area contributed by atoms with E-state index in [-0.39, 0.29) is 5.91 Å². The maximum absolute atomic E-state index is 12.7. The summed E-state index contributed by atoms with van der Waals surface area (Å²) in [7, 11) is 0. The van der Waals surface area contributed by atoms with Gasteiger partial charge in [0.05, 0.1) is 24.0 Å². The van der Waals surface area contributed by atoms with E-state index >= 15 is 0 Å². The molecular weight excluding hydrogens is 445 g/mol. The highest BCUT2D eigenvalue weighted by Gasteiger charge is 2.38. The van der Waals surface area contributed by atoms with E-state index in [2.05, 4.69) is 20.9 Å². The number of carbonyl (C=O) groups is 2. The summed E-state index contributed by atoms with van der Waals surface area (Å²) in [6, 6.07) is 3.73. The third kappa shape index (κ3) is 5.42. The average molecular weight is 468 g/mol. The minimum atomic E-state index is -5.08. The predicted octanol–water partition coefficient (Wildman–Crippen LogP) is 2.25. The van der Waals surface area contributed by atoms with Crippen LogP contribution >= 0.6 is 0 Å². The van der Waals surface area contributed by atoms with E-state index in [4.69, 9.17) is 14.4 Å². The second-order valence-electron chi connectivity index (χ2n) is 7.42. The summed E-state index contributed by atoms with van der Waals surface area (Å²) in [6.07, 6.45) is -3.25. The number of halogens is 3. The Kier molecular flexibility index (Phi) is 6.91. The number of alkyl halides is 3. The fourth-order valence-electron chi connectivity index (χ4n) is 3.46. The van der Waals surface area contributed by atoms with Crippen LogP contribution < -0.4 is 10.6 Å². The van der Waals surface area contributed by atoms with Gasteiger partial charge in [0.1, 0.15) is 5.76 Å². The van der Waals surface area contributed by atoms with Crippen molar-refractivity contribution in [1.29, 1.82) is 0 Å². The molecule has 0 spiro atoms. The molecule has 0 radical (unpaired) electrons. The maximum Gasteiger partial charge on any atom is 0.490 e. The summed E-state index contributed by atoms with van der Waals surface area (Å²) in [5.74, 6) is -1.44. The number of nitrogens with one attached hydrogen (secondary N) is 2. The third-order valence-corrected chi connectivity index (χ3v) is 5.03. The Hall–Kier alpha value is -3.61. The van der Waals surface area contributed by atoms with Gasteiger partial charge in [-0.25, -0.2) is 4.79 Å². The first-order valence-corrected chi connectivity index (χ1v) is 9.94. The van der Waals surface area contributed by atoms with Crippen molar-refractivity contribution in [1.82, 2.24) is 30.1 Å². The summed E-state index contributed by atoms with van der Waals surface area (Å²) in [5.41, 5.74) is 4.61. The molecule has 178 valence electrons. The number of hydrogen-bond acceptors (Lipinski definition) is 6. The average Bonchev–Trinajstić information content (AvgIpc) is 3.43. The first-order chi connectivity index (χ1) is 15.5. The Morgan fingerprint density at radius 1 is 1.27 bits per heavy atom. The van der Waals surface area contributed by atoms with Crippen LogP contribution in [0.2, 0.25) is 0 Å². The van der Waals surface area contributed by atoms with Gasteiger partial charge in [0.25, 0.3) is 5.91 Å². The number of aryl methyl sites for hydroxylation is 2. The quantitative estimate of drug-likeness (QED) is 0.536. The number of rotatable bonds is 4. The Morgan fingerprint density at radius 2 is 1.97 bits per heavy atom. The largest absolute Gasteiger partial charge is 0.490 e. The van der Waals surface area contributed by atoms with Crippen LogP contribution in [0.5, 0.6) is 0 Å². The molecule has 13 heteroatoms. The van der Waals surface area contributed by atoms with E-state index in [1.807, 2.05) is 48.3 Å². The summed E-state index contributed by atoms with van der Waals surface area (Å²) < 4.78 is 40.8. The van der Waals surface area contributed by atoms with E-state index in [1.165, 1.54) is 0 Å². The van der Waals surface area contributed by atoms with Crippen molar-refractivity contribution in [3.05, 3.63) is 52.3 Å². The fourth-order valence-corrected chi connectivity index (χ4v) is 3.46. The molecule has 1 aliphatic rings. The highest BCUT2D eigenvalue weighted by molar-refractivity contribution is 5.95. The summed E-state index contributed by atoms with van der Waals surface area (Å²) >= 11 is 0. The maximum atomic E-state index is 12.7. The van der Waals surface area contributed by atoms with E-state index < -0.39 is 12.1 Å². The van der Waals surface area contributed by atoms with Gasteiger partial charge in [0.15, 0.2) is 5.82 Å². The minimum absolute atomic E-state index is 0.103. The SMILES string of the molecule is Cc1cc(-n2c(C)cc(C(=O)NCc3cnn4c3CNCC4)c2C)no1.O=C(O)C(F)(F)F. The molecule has 33 heavy (non-hydrogen) atoms. The summed E-state index contributed by atoms with van der Waals surface area (Å²) in [4.78, 5) is 21.6. The number of amides is 1. The Labute approximate surface area is 186 Å². The molecule has 0 fully saturated rings. The van der Waals surface area contributed by atoms with Crippen molar-refractivity contribution in [2.75, 3.05) is 6.54 Å². The van der Waals surface area contributed by atoms with Crippen molar-refractivity contribution in [3.8, 4) is 5.82 Å². The van der Waals surface area contributed by atoms with E-state index in [1.54, 1.807) is 0 Å². The van der Waals surface area contributed by atoms with Crippen molar-refractivity contribution in [2.45, 2.75) is 46.6 Å². The lowest BCUT2D eigenvalue weighted by atomic mass is 10.2. The third-order valence-electron chi connectivity index (χ3n) is 5.03. The Bertz CT molecular complexity index is 1160. The Balaban J connectivity index is 0.000000383. The molecule has 0 saturated carbocycles. The zero-order chi connectivity index (χ0) is 24.3. The normalized spacial score (nSPS) is 13.2. The van der Waals surface area contributed by atoms with Crippen LogP contribution in [0.25, 0.3) is 5.82 Å². The van der Waals surface area contributed by atoms with Gasteiger partial charge in [-0.15, -0.1) is 0 Å². The van der Waals surface area contributed by atoms with Crippen LogP contribution in [-0.2, 0) is 24.4 Å². The van der Waals surface area contributed by atoms with E-state index in [9.17, 15) is 18.0 Å². The van der Waals surface area contributed by atoms with E-state index in [0.717, 1.165) is 48.0 Å². The standard InChI is InChI=1S/C18H22N6O2.C2HF3O2/c1-11-6-15(13(3)24(11)17-7-12(2)26-22-17)18(25)20-8-14-9-21-23-5-4-19-10-16(14)23;3-2(4,5)1(6)7/h6-7,9,19H,4-5,8,10H2,1-3H3,(H,20,25);(H,6,7). The van der Waals surface area contributed by atoms with Gasteiger partial charge in [0.2, 0.25) is 0 Å². The number of fused-ring (bicyclic) bond motifs is 1. The topological polar surface area (TPSA) is 127 Å². The Morgan fingerprint density at radius 3 is 2.58 bits per heavy atom. The number of nitrogens with zero attached hydrogens (tertiary/aromatic N) is 4. The van der Waals surface area contributed by atoms with Crippen molar-refractivity contribution in [3.63, 3.8) is 0 Å². The van der Waals surface area contributed by atoms with Crippen molar-refractivity contribution >= 4 is 11.9 Å². The molecular formula is C20H23F3N6O4. The molecule has 3 aromatic rings. The van der Waals surface area contributed by atoms with Gasteiger partial charge in [-0.2, -0.15) is 18.3 Å². The first-order valence-electron chi connectivity index (χ1n) is 9.94. The molecule has 0 aromatic carbocycles. The molecule has 0 aliphatic carbocycles. The van der Waals surface area contributed by atoms with Crippen LogP contribution in [0.1, 0.15) is 38.8 Å². The molecule has 4 rings (SSSR count). The molecule has 1 amide bonds. The number of carboxylic acid groups (broad SMARTS) is 1. The molecule has 0 saturated heterocycles. The van der Waals surface area contributed by atoms with Gasteiger partial charge >= 0.3 is 12.1 Å². The molecule has 0 atom stereocenters. The van der Waals surface area contributed by atoms with Gasteiger partial charge in [-0.05, 0) is 26.8 Å². The second kappa shape index (κ2) is 9.48.